The molecule has 0 saturated heterocycles. The maximum Gasteiger partial charge on any atom is 0.413 e. The standard InChI is InChI=1S/C24H27I2N3O8/c25-11-13-29(14-12-26)20-4-2-1-3-18(20)27-23(34)36-15-16-5-7-17(8-6-16)37-24(35)28-19(22(32)33)9-10-21(30)31/h1-8,19H,9-15H2,(H,27,34)(H,28,35)(H,30,31)(H,32,33)/t19-/m0/s1. The summed E-state index contributed by atoms with van der Waals surface area (Å²) in [6.07, 6.45) is -2.34. The van der Waals surface area contributed by atoms with Crippen LogP contribution >= 0.6 is 45.2 Å². The topological polar surface area (TPSA) is 154 Å². The van der Waals surface area contributed by atoms with E-state index in [-0.39, 0.29) is 18.8 Å². The first-order valence-corrected chi connectivity index (χ1v) is 14.2. The molecular weight excluding hydrogens is 712 g/mol. The lowest BCUT2D eigenvalue weighted by molar-refractivity contribution is -0.140. The van der Waals surface area contributed by atoms with E-state index in [9.17, 15) is 19.2 Å². The highest BCUT2D eigenvalue weighted by Crippen LogP contribution is 2.26. The summed E-state index contributed by atoms with van der Waals surface area (Å²) in [4.78, 5) is 48.4. The molecule has 2 rings (SSSR count). The van der Waals surface area contributed by atoms with Gasteiger partial charge in [0.25, 0.3) is 0 Å². The first-order chi connectivity index (χ1) is 17.7. The first-order valence-electron chi connectivity index (χ1n) is 11.1. The highest BCUT2D eigenvalue weighted by Gasteiger charge is 2.22. The predicted octanol–water partition coefficient (Wildman–Crippen LogP) is 4.52. The van der Waals surface area contributed by atoms with Crippen LogP contribution in [0.4, 0.5) is 21.0 Å². The summed E-state index contributed by atoms with van der Waals surface area (Å²) in [5, 5.41) is 22.7. The summed E-state index contributed by atoms with van der Waals surface area (Å²) >= 11 is 4.63. The molecule has 0 saturated carbocycles. The zero-order chi connectivity index (χ0) is 27.2. The van der Waals surface area contributed by atoms with Crippen molar-refractivity contribution in [1.29, 1.82) is 0 Å². The van der Waals surface area contributed by atoms with Crippen molar-refractivity contribution in [3.05, 3.63) is 54.1 Å². The van der Waals surface area contributed by atoms with Gasteiger partial charge in [0.15, 0.2) is 0 Å². The predicted molar refractivity (Wildman–Crippen MR) is 154 cm³/mol. The number of halogens is 2. The number of alkyl halides is 2. The number of hydrogen-bond acceptors (Lipinski definition) is 7. The van der Waals surface area contributed by atoms with E-state index in [0.717, 1.165) is 27.6 Å². The zero-order valence-electron chi connectivity index (χ0n) is 19.7. The zero-order valence-corrected chi connectivity index (χ0v) is 24.0. The van der Waals surface area contributed by atoms with Crippen molar-refractivity contribution in [1.82, 2.24) is 5.32 Å². The monoisotopic (exact) mass is 739 g/mol. The van der Waals surface area contributed by atoms with E-state index in [1.54, 1.807) is 12.1 Å². The lowest BCUT2D eigenvalue weighted by atomic mass is 10.1. The molecule has 0 unspecified atom stereocenters. The van der Waals surface area contributed by atoms with Crippen molar-refractivity contribution in [2.45, 2.75) is 25.5 Å². The minimum Gasteiger partial charge on any atom is -0.481 e. The van der Waals surface area contributed by atoms with E-state index in [0.29, 0.717) is 11.3 Å². The normalized spacial score (nSPS) is 11.2. The number of nitrogens with one attached hydrogen (secondary N) is 2. The molecule has 37 heavy (non-hydrogen) atoms. The van der Waals surface area contributed by atoms with Gasteiger partial charge in [-0.3, -0.25) is 10.1 Å². The Labute approximate surface area is 241 Å². The van der Waals surface area contributed by atoms with Crippen LogP contribution in [0.15, 0.2) is 48.5 Å². The second-order valence-electron chi connectivity index (χ2n) is 7.58. The molecule has 2 aromatic rings. The van der Waals surface area contributed by atoms with Crippen molar-refractivity contribution in [2.24, 2.45) is 0 Å². The summed E-state index contributed by atoms with van der Waals surface area (Å²) in [7, 11) is 0. The fourth-order valence-electron chi connectivity index (χ4n) is 3.16. The highest BCUT2D eigenvalue weighted by molar-refractivity contribution is 14.1. The molecule has 0 aliphatic carbocycles. The Bertz CT molecular complexity index is 1060. The number of para-hydroxylation sites is 2. The number of anilines is 2. The van der Waals surface area contributed by atoms with Crippen LogP contribution in [0.1, 0.15) is 18.4 Å². The number of rotatable bonds is 14. The SMILES string of the molecule is O=C(O)CC[C@H](NC(=O)Oc1ccc(COC(=O)Nc2ccccc2N(CCI)CCI)cc1)C(=O)O. The number of carbonyl (C=O) groups excluding carboxylic acids is 2. The Morgan fingerprint density at radius 3 is 2.16 bits per heavy atom. The number of ether oxygens (including phenoxy) is 2. The largest absolute Gasteiger partial charge is 0.481 e. The second kappa shape index (κ2) is 16.1. The molecular formula is C24H27I2N3O8. The molecule has 0 fully saturated rings. The fraction of sp³-hybridized carbons (Fsp3) is 0.333. The number of benzene rings is 2. The van der Waals surface area contributed by atoms with Crippen molar-refractivity contribution in [3.63, 3.8) is 0 Å². The molecule has 2 amide bonds. The Balaban J connectivity index is 1.89. The van der Waals surface area contributed by atoms with Gasteiger partial charge in [-0.15, -0.1) is 0 Å². The van der Waals surface area contributed by atoms with Crippen LogP contribution in [-0.2, 0) is 20.9 Å². The minimum absolute atomic E-state index is 0.0258. The Morgan fingerprint density at radius 1 is 0.919 bits per heavy atom. The van der Waals surface area contributed by atoms with Gasteiger partial charge in [0, 0.05) is 28.4 Å². The molecule has 0 bridgehead atoms. The molecule has 11 nitrogen and oxygen atoms in total. The third kappa shape index (κ3) is 11.0. The quantitative estimate of drug-likeness (QED) is 0.162. The van der Waals surface area contributed by atoms with Crippen molar-refractivity contribution in [3.8, 4) is 5.75 Å². The van der Waals surface area contributed by atoms with Gasteiger partial charge in [-0.2, -0.15) is 0 Å². The molecule has 0 aliphatic rings. The third-order valence-corrected chi connectivity index (χ3v) is 5.90. The number of amides is 2. The van der Waals surface area contributed by atoms with Crippen LogP contribution in [0, 0.1) is 0 Å². The molecule has 0 aliphatic heterocycles. The van der Waals surface area contributed by atoms with Gasteiger partial charge in [-0.25, -0.2) is 14.4 Å². The number of carboxylic acid groups (broad SMARTS) is 2. The van der Waals surface area contributed by atoms with Gasteiger partial charge >= 0.3 is 24.1 Å². The van der Waals surface area contributed by atoms with Gasteiger partial charge in [0.05, 0.1) is 11.4 Å². The Kier molecular flexibility index (Phi) is 13.2. The number of aliphatic carboxylic acids is 2. The molecule has 0 heterocycles. The average molecular weight is 739 g/mol. The maximum atomic E-state index is 12.4. The van der Waals surface area contributed by atoms with Crippen molar-refractivity contribution >= 4 is 80.7 Å². The Morgan fingerprint density at radius 2 is 1.57 bits per heavy atom. The van der Waals surface area contributed by atoms with E-state index >= 15 is 0 Å². The van der Waals surface area contributed by atoms with E-state index in [1.807, 2.05) is 24.3 Å². The molecule has 4 N–H and O–H groups in total. The van der Waals surface area contributed by atoms with Crippen LogP contribution in [0.2, 0.25) is 0 Å². The minimum atomic E-state index is -1.39. The van der Waals surface area contributed by atoms with E-state index < -0.39 is 36.6 Å². The molecule has 0 spiro atoms. The molecule has 2 aromatic carbocycles. The summed E-state index contributed by atoms with van der Waals surface area (Å²) in [5.41, 5.74) is 2.21. The molecule has 13 heteroatoms. The Hall–Kier alpha value is -2.82. The smallest absolute Gasteiger partial charge is 0.413 e. The highest BCUT2D eigenvalue weighted by atomic mass is 127. The molecule has 0 radical (unpaired) electrons. The maximum absolute atomic E-state index is 12.4. The van der Waals surface area contributed by atoms with Crippen LogP contribution < -0.4 is 20.3 Å². The third-order valence-electron chi connectivity index (χ3n) is 4.93. The molecule has 0 aromatic heterocycles. The number of carbonyl (C=O) groups is 4. The van der Waals surface area contributed by atoms with E-state index in [2.05, 4.69) is 60.7 Å². The fourth-order valence-corrected chi connectivity index (χ4v) is 4.33. The summed E-state index contributed by atoms with van der Waals surface area (Å²) in [5.74, 6) is -2.41. The lowest BCUT2D eigenvalue weighted by Gasteiger charge is -2.25. The number of carboxylic acids is 2. The van der Waals surface area contributed by atoms with Crippen LogP contribution in [0.3, 0.4) is 0 Å². The first kappa shape index (κ1) is 30.4. The van der Waals surface area contributed by atoms with Crippen molar-refractivity contribution < 1.29 is 38.9 Å². The summed E-state index contributed by atoms with van der Waals surface area (Å²) in [6, 6.07) is 12.2. The van der Waals surface area contributed by atoms with Gasteiger partial charge in [0.1, 0.15) is 18.4 Å². The van der Waals surface area contributed by atoms with Gasteiger partial charge in [-0.1, -0.05) is 69.4 Å². The molecule has 1 atom stereocenters. The van der Waals surface area contributed by atoms with Gasteiger partial charge < -0.3 is 29.9 Å². The summed E-state index contributed by atoms with van der Waals surface area (Å²) < 4.78 is 12.3. The van der Waals surface area contributed by atoms with Crippen LogP contribution in [-0.4, -0.2) is 62.3 Å². The number of hydrogen-bond donors (Lipinski definition) is 4. The van der Waals surface area contributed by atoms with Crippen molar-refractivity contribution in [2.75, 3.05) is 32.2 Å². The van der Waals surface area contributed by atoms with Gasteiger partial charge in [0.2, 0.25) is 0 Å². The van der Waals surface area contributed by atoms with Crippen LogP contribution in [0.5, 0.6) is 5.75 Å². The van der Waals surface area contributed by atoms with E-state index in [1.165, 1.54) is 12.1 Å². The molecule has 200 valence electrons. The van der Waals surface area contributed by atoms with Crippen LogP contribution in [0.25, 0.3) is 0 Å². The average Bonchev–Trinajstić information content (AvgIpc) is 2.86. The van der Waals surface area contributed by atoms with Gasteiger partial charge in [-0.05, 0) is 36.2 Å². The number of nitrogens with zero attached hydrogens (tertiary/aromatic N) is 1. The lowest BCUT2D eigenvalue weighted by Crippen LogP contribution is -2.42. The second-order valence-corrected chi connectivity index (χ2v) is 9.74. The summed E-state index contributed by atoms with van der Waals surface area (Å²) in [6.45, 7) is 1.67. The van der Waals surface area contributed by atoms with E-state index in [4.69, 9.17) is 19.7 Å².